The summed E-state index contributed by atoms with van der Waals surface area (Å²) in [6, 6.07) is 0.667. The van der Waals surface area contributed by atoms with Crippen LogP contribution >= 0.6 is 11.8 Å². The van der Waals surface area contributed by atoms with Crippen molar-refractivity contribution in [2.24, 2.45) is 4.99 Å². The van der Waals surface area contributed by atoms with Crippen LogP contribution in [0.5, 0.6) is 0 Å². The molecule has 0 aromatic rings. The van der Waals surface area contributed by atoms with Crippen molar-refractivity contribution >= 4 is 17.7 Å². The summed E-state index contributed by atoms with van der Waals surface area (Å²) in [5.74, 6) is 3.71. The van der Waals surface area contributed by atoms with Crippen LogP contribution in [0.25, 0.3) is 0 Å². The molecule has 0 aromatic carbocycles. The van der Waals surface area contributed by atoms with E-state index in [-0.39, 0.29) is 0 Å². The largest absolute Gasteiger partial charge is 0.353 e. The summed E-state index contributed by atoms with van der Waals surface area (Å²) in [5.41, 5.74) is 0. The molecule has 0 bridgehead atoms. The van der Waals surface area contributed by atoms with Gasteiger partial charge in [0.25, 0.3) is 0 Å². The molecule has 0 aliphatic carbocycles. The molecular formula is C9H17N3S. The monoisotopic (exact) mass is 199 g/mol. The molecule has 74 valence electrons. The van der Waals surface area contributed by atoms with Gasteiger partial charge in [0.15, 0.2) is 5.96 Å². The lowest BCUT2D eigenvalue weighted by atomic mass is 10.2. The molecule has 0 saturated carbocycles. The van der Waals surface area contributed by atoms with Crippen LogP contribution in [0.1, 0.15) is 12.8 Å². The van der Waals surface area contributed by atoms with Gasteiger partial charge < -0.3 is 10.2 Å². The zero-order valence-electron chi connectivity index (χ0n) is 8.12. The van der Waals surface area contributed by atoms with Crippen LogP contribution in [-0.4, -0.2) is 48.5 Å². The van der Waals surface area contributed by atoms with Gasteiger partial charge in [-0.1, -0.05) is 0 Å². The Hall–Kier alpha value is -0.380. The molecule has 2 rings (SSSR count). The molecule has 0 atom stereocenters. The van der Waals surface area contributed by atoms with Crippen molar-refractivity contribution in [2.75, 3.05) is 31.6 Å². The van der Waals surface area contributed by atoms with Crippen LogP contribution < -0.4 is 5.32 Å². The normalized spacial score (nSPS) is 24.7. The summed E-state index contributed by atoms with van der Waals surface area (Å²) >= 11 is 2.06. The molecule has 1 saturated heterocycles. The van der Waals surface area contributed by atoms with E-state index in [1.54, 1.807) is 0 Å². The number of nitrogens with zero attached hydrogens (tertiary/aromatic N) is 2. The minimum absolute atomic E-state index is 0.667. The van der Waals surface area contributed by atoms with E-state index in [4.69, 9.17) is 0 Å². The van der Waals surface area contributed by atoms with Crippen LogP contribution in [0.3, 0.4) is 0 Å². The summed E-state index contributed by atoms with van der Waals surface area (Å²) in [4.78, 5) is 6.65. The van der Waals surface area contributed by atoms with Crippen LogP contribution in [-0.2, 0) is 0 Å². The highest BCUT2D eigenvalue weighted by molar-refractivity contribution is 7.99. The molecule has 2 aliphatic heterocycles. The van der Waals surface area contributed by atoms with E-state index in [1.807, 2.05) is 0 Å². The Labute approximate surface area is 84.0 Å². The lowest BCUT2D eigenvalue weighted by Crippen LogP contribution is -2.43. The van der Waals surface area contributed by atoms with Crippen molar-refractivity contribution in [3.8, 4) is 0 Å². The summed E-state index contributed by atoms with van der Waals surface area (Å²) < 4.78 is 0. The van der Waals surface area contributed by atoms with Gasteiger partial charge in [0, 0.05) is 19.6 Å². The van der Waals surface area contributed by atoms with Crippen LogP contribution in [0.15, 0.2) is 4.99 Å². The van der Waals surface area contributed by atoms with Gasteiger partial charge in [0.05, 0.1) is 6.54 Å². The Morgan fingerprint density at radius 1 is 1.46 bits per heavy atom. The van der Waals surface area contributed by atoms with Crippen LogP contribution in [0, 0.1) is 0 Å². The summed E-state index contributed by atoms with van der Waals surface area (Å²) in [5, 5.41) is 3.53. The number of thioether (sulfide) groups is 1. The van der Waals surface area contributed by atoms with Crippen molar-refractivity contribution in [3.63, 3.8) is 0 Å². The molecule has 1 N–H and O–H groups in total. The predicted molar refractivity (Wildman–Crippen MR) is 58.4 cm³/mol. The zero-order chi connectivity index (χ0) is 9.10. The first kappa shape index (κ1) is 9.19. The Bertz CT molecular complexity index is 199. The Kier molecular flexibility index (Phi) is 2.98. The third kappa shape index (κ3) is 2.30. The van der Waals surface area contributed by atoms with Gasteiger partial charge >= 0.3 is 0 Å². The third-order valence-corrected chi connectivity index (χ3v) is 3.66. The zero-order valence-corrected chi connectivity index (χ0v) is 8.94. The molecule has 0 radical (unpaired) electrons. The van der Waals surface area contributed by atoms with Crippen molar-refractivity contribution in [3.05, 3.63) is 0 Å². The Balaban J connectivity index is 1.82. The van der Waals surface area contributed by atoms with E-state index in [2.05, 4.69) is 34.0 Å². The number of hydrogen-bond acceptors (Lipinski definition) is 4. The fourth-order valence-electron chi connectivity index (χ4n) is 1.71. The van der Waals surface area contributed by atoms with Crippen LogP contribution in [0.4, 0.5) is 0 Å². The maximum Gasteiger partial charge on any atom is 0.194 e. The lowest BCUT2D eigenvalue weighted by molar-refractivity contribution is 0.492. The SMILES string of the molecule is CN1CCN=C1NC1CCSCC1. The second-order valence-electron chi connectivity index (χ2n) is 3.66. The molecule has 3 nitrogen and oxygen atoms in total. The molecule has 1 fully saturated rings. The van der Waals surface area contributed by atoms with Crippen molar-refractivity contribution in [2.45, 2.75) is 18.9 Å². The first-order valence-corrected chi connectivity index (χ1v) is 6.11. The highest BCUT2D eigenvalue weighted by atomic mass is 32.2. The van der Waals surface area contributed by atoms with E-state index in [0.29, 0.717) is 6.04 Å². The average Bonchev–Trinajstić information content (AvgIpc) is 2.54. The summed E-state index contributed by atoms with van der Waals surface area (Å²) in [7, 11) is 2.11. The quantitative estimate of drug-likeness (QED) is 0.676. The van der Waals surface area contributed by atoms with Crippen molar-refractivity contribution in [1.29, 1.82) is 0 Å². The highest BCUT2D eigenvalue weighted by Crippen LogP contribution is 2.17. The van der Waals surface area contributed by atoms with E-state index >= 15 is 0 Å². The van der Waals surface area contributed by atoms with Gasteiger partial charge in [-0.2, -0.15) is 11.8 Å². The van der Waals surface area contributed by atoms with Crippen molar-refractivity contribution in [1.82, 2.24) is 10.2 Å². The molecule has 13 heavy (non-hydrogen) atoms. The van der Waals surface area contributed by atoms with Gasteiger partial charge in [-0.15, -0.1) is 0 Å². The Morgan fingerprint density at radius 2 is 2.23 bits per heavy atom. The minimum Gasteiger partial charge on any atom is -0.353 e. The lowest BCUT2D eigenvalue weighted by Gasteiger charge is -2.25. The standard InChI is InChI=1S/C9H17N3S/c1-12-5-4-10-9(12)11-8-2-6-13-7-3-8/h8H,2-7H2,1H3,(H,10,11). The van der Waals surface area contributed by atoms with E-state index in [9.17, 15) is 0 Å². The first-order valence-electron chi connectivity index (χ1n) is 4.96. The first-order chi connectivity index (χ1) is 6.36. The average molecular weight is 199 g/mol. The number of hydrogen-bond donors (Lipinski definition) is 1. The Morgan fingerprint density at radius 3 is 2.85 bits per heavy atom. The molecule has 0 aromatic heterocycles. The van der Waals surface area contributed by atoms with E-state index in [1.165, 1.54) is 24.3 Å². The molecule has 0 spiro atoms. The molecular weight excluding hydrogens is 182 g/mol. The number of likely N-dealkylation sites (N-methyl/N-ethyl adjacent to an activating group) is 1. The fourth-order valence-corrected chi connectivity index (χ4v) is 2.82. The van der Waals surface area contributed by atoms with Crippen molar-refractivity contribution < 1.29 is 0 Å². The van der Waals surface area contributed by atoms with Crippen LogP contribution in [0.2, 0.25) is 0 Å². The summed E-state index contributed by atoms with van der Waals surface area (Å²) in [6.07, 6.45) is 2.58. The molecule has 4 heteroatoms. The number of guanidine groups is 1. The third-order valence-electron chi connectivity index (χ3n) is 2.61. The van der Waals surface area contributed by atoms with Gasteiger partial charge in [0.1, 0.15) is 0 Å². The topological polar surface area (TPSA) is 27.6 Å². The summed E-state index contributed by atoms with van der Waals surface area (Å²) in [6.45, 7) is 2.03. The van der Waals surface area contributed by atoms with Gasteiger partial charge in [0.2, 0.25) is 0 Å². The fraction of sp³-hybridized carbons (Fsp3) is 0.889. The number of aliphatic imine (C=N–C) groups is 1. The van der Waals surface area contributed by atoms with Gasteiger partial charge in [-0.3, -0.25) is 4.99 Å². The molecule has 2 aliphatic rings. The van der Waals surface area contributed by atoms with Gasteiger partial charge in [-0.25, -0.2) is 0 Å². The molecule has 0 amide bonds. The number of rotatable bonds is 1. The van der Waals surface area contributed by atoms with Gasteiger partial charge in [-0.05, 0) is 24.3 Å². The second kappa shape index (κ2) is 4.22. The molecule has 2 heterocycles. The minimum atomic E-state index is 0.667. The molecule has 0 unspecified atom stereocenters. The van der Waals surface area contributed by atoms with E-state index < -0.39 is 0 Å². The predicted octanol–water partition coefficient (Wildman–Crippen LogP) is 0.773. The number of nitrogens with one attached hydrogen (secondary N) is 1. The smallest absolute Gasteiger partial charge is 0.194 e. The maximum absolute atomic E-state index is 4.44. The maximum atomic E-state index is 4.44. The van der Waals surface area contributed by atoms with E-state index in [0.717, 1.165) is 19.0 Å². The second-order valence-corrected chi connectivity index (χ2v) is 4.88. The highest BCUT2D eigenvalue weighted by Gasteiger charge is 2.18.